The van der Waals surface area contributed by atoms with E-state index in [0.717, 1.165) is 5.56 Å². The van der Waals surface area contributed by atoms with Crippen molar-refractivity contribution in [3.8, 4) is 5.75 Å². The predicted molar refractivity (Wildman–Crippen MR) is 120 cm³/mol. The third-order valence-corrected chi connectivity index (χ3v) is 4.82. The molecule has 8 nitrogen and oxygen atoms in total. The standard InChI is InChI=1S/C22H19Cl2N3O5/c1-13-7-8-15-16(23)9-17(24)21(20(15)26-13)32-12-19(29)31-11-18(28)27-22(30)25-10-14-5-3-2-4-6-14/h2-9H,10-12H2,1H3,(H2,25,27,28,30). The van der Waals surface area contributed by atoms with Gasteiger partial charge in [0.1, 0.15) is 5.52 Å². The lowest BCUT2D eigenvalue weighted by molar-refractivity contribution is -0.150. The topological polar surface area (TPSA) is 107 Å². The molecular formula is C22H19Cl2N3O5. The maximum atomic E-state index is 12.0. The average molecular weight is 476 g/mol. The first-order chi connectivity index (χ1) is 15.3. The van der Waals surface area contributed by atoms with Gasteiger partial charge in [-0.1, -0.05) is 53.5 Å². The van der Waals surface area contributed by atoms with E-state index in [2.05, 4.69) is 15.6 Å². The smallest absolute Gasteiger partial charge is 0.344 e. The number of carbonyl (C=O) groups excluding carboxylic acids is 3. The summed E-state index contributed by atoms with van der Waals surface area (Å²) >= 11 is 12.4. The summed E-state index contributed by atoms with van der Waals surface area (Å²) in [7, 11) is 0. The molecule has 0 atom stereocenters. The number of aryl methyl sites for hydroxylation is 1. The molecule has 2 N–H and O–H groups in total. The monoisotopic (exact) mass is 475 g/mol. The molecule has 0 radical (unpaired) electrons. The molecule has 10 heteroatoms. The van der Waals surface area contributed by atoms with E-state index < -0.39 is 31.1 Å². The normalized spacial score (nSPS) is 10.5. The number of ether oxygens (including phenoxy) is 2. The summed E-state index contributed by atoms with van der Waals surface area (Å²) in [4.78, 5) is 39.9. The van der Waals surface area contributed by atoms with Crippen molar-refractivity contribution in [3.05, 3.63) is 69.8 Å². The Labute approximate surface area is 193 Å². The van der Waals surface area contributed by atoms with Gasteiger partial charge in [-0.15, -0.1) is 0 Å². The van der Waals surface area contributed by atoms with Gasteiger partial charge in [0.25, 0.3) is 5.91 Å². The fraction of sp³-hybridized carbons (Fsp3) is 0.182. The molecule has 0 bridgehead atoms. The number of hydrogen-bond acceptors (Lipinski definition) is 6. The van der Waals surface area contributed by atoms with Gasteiger partial charge in [0.2, 0.25) is 0 Å². The molecule has 0 aliphatic carbocycles. The highest BCUT2D eigenvalue weighted by Gasteiger charge is 2.16. The van der Waals surface area contributed by atoms with Crippen molar-refractivity contribution in [2.45, 2.75) is 13.5 Å². The fourth-order valence-electron chi connectivity index (χ4n) is 2.73. The second-order valence-corrected chi connectivity index (χ2v) is 7.50. The van der Waals surface area contributed by atoms with Crippen LogP contribution in [-0.4, -0.2) is 36.1 Å². The zero-order valence-corrected chi connectivity index (χ0v) is 18.5. The van der Waals surface area contributed by atoms with Crippen molar-refractivity contribution < 1.29 is 23.9 Å². The van der Waals surface area contributed by atoms with Crippen LogP contribution in [0, 0.1) is 6.92 Å². The second kappa shape index (κ2) is 10.8. The molecule has 3 aromatic rings. The Hall–Kier alpha value is -3.36. The highest BCUT2D eigenvalue weighted by molar-refractivity contribution is 6.39. The quantitative estimate of drug-likeness (QED) is 0.503. The van der Waals surface area contributed by atoms with E-state index in [-0.39, 0.29) is 17.3 Å². The molecule has 0 aliphatic heterocycles. The van der Waals surface area contributed by atoms with E-state index in [1.165, 1.54) is 6.07 Å². The third kappa shape index (κ3) is 6.32. The number of halogens is 2. The van der Waals surface area contributed by atoms with Gasteiger partial charge >= 0.3 is 12.0 Å². The van der Waals surface area contributed by atoms with Crippen LogP contribution in [0.5, 0.6) is 5.75 Å². The van der Waals surface area contributed by atoms with Crippen molar-refractivity contribution in [1.29, 1.82) is 0 Å². The van der Waals surface area contributed by atoms with E-state index >= 15 is 0 Å². The Morgan fingerprint density at radius 1 is 1.00 bits per heavy atom. The van der Waals surface area contributed by atoms with Crippen molar-refractivity contribution >= 4 is 52.0 Å². The van der Waals surface area contributed by atoms with Crippen LogP contribution >= 0.6 is 23.2 Å². The minimum atomic E-state index is -0.823. The van der Waals surface area contributed by atoms with Crippen LogP contribution in [0.25, 0.3) is 10.9 Å². The van der Waals surface area contributed by atoms with Crippen LogP contribution in [0.4, 0.5) is 4.79 Å². The van der Waals surface area contributed by atoms with Crippen LogP contribution in [0.2, 0.25) is 10.0 Å². The number of rotatable bonds is 7. The highest BCUT2D eigenvalue weighted by atomic mass is 35.5. The number of amides is 3. The van der Waals surface area contributed by atoms with E-state index in [1.54, 1.807) is 19.1 Å². The summed E-state index contributed by atoms with van der Waals surface area (Å²) in [5.41, 5.74) is 1.99. The molecule has 0 fully saturated rings. The lowest BCUT2D eigenvalue weighted by Crippen LogP contribution is -2.41. The first-order valence-corrected chi connectivity index (χ1v) is 10.2. The zero-order valence-electron chi connectivity index (χ0n) is 17.0. The molecule has 0 saturated heterocycles. The van der Waals surface area contributed by atoms with E-state index in [9.17, 15) is 14.4 Å². The van der Waals surface area contributed by atoms with Gasteiger partial charge in [-0.2, -0.15) is 0 Å². The molecule has 32 heavy (non-hydrogen) atoms. The number of esters is 1. The first-order valence-electron chi connectivity index (χ1n) is 9.49. The first kappa shape index (κ1) is 23.3. The summed E-state index contributed by atoms with van der Waals surface area (Å²) in [5, 5.41) is 5.80. The lowest BCUT2D eigenvalue weighted by atomic mass is 10.2. The molecular weight excluding hydrogens is 457 g/mol. The number of fused-ring (bicyclic) bond motifs is 1. The van der Waals surface area contributed by atoms with Crippen LogP contribution < -0.4 is 15.4 Å². The minimum Gasteiger partial charge on any atom is -0.478 e. The van der Waals surface area contributed by atoms with Crippen LogP contribution in [-0.2, 0) is 20.9 Å². The Morgan fingerprint density at radius 2 is 1.75 bits per heavy atom. The molecule has 0 aliphatic rings. The highest BCUT2D eigenvalue weighted by Crippen LogP contribution is 2.37. The number of urea groups is 1. The number of nitrogens with one attached hydrogen (secondary N) is 2. The molecule has 1 heterocycles. The number of carbonyl (C=O) groups is 3. The number of aromatic nitrogens is 1. The molecule has 3 amide bonds. The van der Waals surface area contributed by atoms with Crippen LogP contribution in [0.15, 0.2) is 48.5 Å². The molecule has 2 aromatic carbocycles. The summed E-state index contributed by atoms with van der Waals surface area (Å²) < 4.78 is 10.3. The summed E-state index contributed by atoms with van der Waals surface area (Å²) in [6.45, 7) is 0.880. The Kier molecular flexibility index (Phi) is 7.86. The number of imide groups is 1. The molecule has 3 rings (SSSR count). The fourth-order valence-corrected chi connectivity index (χ4v) is 3.30. The second-order valence-electron chi connectivity index (χ2n) is 6.68. The van der Waals surface area contributed by atoms with Gasteiger partial charge in [0.15, 0.2) is 19.0 Å². The Bertz CT molecular complexity index is 1160. The SMILES string of the molecule is Cc1ccc2c(Cl)cc(Cl)c(OCC(=O)OCC(=O)NC(=O)NCc3ccccc3)c2n1. The van der Waals surface area contributed by atoms with Crippen molar-refractivity contribution in [2.75, 3.05) is 13.2 Å². The number of nitrogens with zero attached hydrogens (tertiary/aromatic N) is 1. The van der Waals surface area contributed by atoms with Crippen molar-refractivity contribution in [1.82, 2.24) is 15.6 Å². The summed E-state index contributed by atoms with van der Waals surface area (Å²) in [6.07, 6.45) is 0. The summed E-state index contributed by atoms with van der Waals surface area (Å²) in [6, 6.07) is 13.5. The van der Waals surface area contributed by atoms with Gasteiger partial charge in [0, 0.05) is 17.6 Å². The maximum absolute atomic E-state index is 12.0. The molecule has 0 spiro atoms. The minimum absolute atomic E-state index is 0.177. The van der Waals surface area contributed by atoms with Gasteiger partial charge in [0.05, 0.1) is 10.0 Å². The molecule has 0 unspecified atom stereocenters. The van der Waals surface area contributed by atoms with Crippen LogP contribution in [0.3, 0.4) is 0 Å². The lowest BCUT2D eigenvalue weighted by Gasteiger charge is -2.12. The van der Waals surface area contributed by atoms with Gasteiger partial charge in [-0.25, -0.2) is 14.6 Å². The van der Waals surface area contributed by atoms with Gasteiger partial charge in [-0.05, 0) is 30.7 Å². The van der Waals surface area contributed by atoms with Gasteiger partial charge in [-0.3, -0.25) is 10.1 Å². The van der Waals surface area contributed by atoms with Crippen LogP contribution in [0.1, 0.15) is 11.3 Å². The Morgan fingerprint density at radius 3 is 2.50 bits per heavy atom. The number of pyridine rings is 1. The molecule has 1 aromatic heterocycles. The molecule has 0 saturated carbocycles. The predicted octanol–water partition coefficient (Wildman–Crippen LogP) is 3.80. The third-order valence-electron chi connectivity index (χ3n) is 4.22. The van der Waals surface area contributed by atoms with Crippen molar-refractivity contribution in [3.63, 3.8) is 0 Å². The molecule has 166 valence electrons. The van der Waals surface area contributed by atoms with E-state index in [1.807, 2.05) is 30.3 Å². The van der Waals surface area contributed by atoms with Crippen molar-refractivity contribution in [2.24, 2.45) is 0 Å². The number of benzene rings is 2. The maximum Gasteiger partial charge on any atom is 0.344 e. The summed E-state index contributed by atoms with van der Waals surface area (Å²) in [5.74, 6) is -1.43. The zero-order chi connectivity index (χ0) is 23.1. The number of hydrogen-bond donors (Lipinski definition) is 2. The van der Waals surface area contributed by atoms with Gasteiger partial charge < -0.3 is 14.8 Å². The average Bonchev–Trinajstić information content (AvgIpc) is 2.76. The van der Waals surface area contributed by atoms with E-state index in [4.69, 9.17) is 32.7 Å². The van der Waals surface area contributed by atoms with E-state index in [0.29, 0.717) is 21.6 Å². The largest absolute Gasteiger partial charge is 0.478 e. The Balaban J connectivity index is 1.48.